The Morgan fingerprint density at radius 3 is 2.38 bits per heavy atom. The maximum Gasteiger partial charge on any atom is 0.289 e. The van der Waals surface area contributed by atoms with E-state index >= 15 is 0 Å². The maximum atomic E-state index is 12.2. The average molecular weight is 314 g/mol. The molecule has 0 fully saturated rings. The molecule has 0 aliphatic rings. The molecule has 0 bridgehead atoms. The number of nitro groups is 1. The summed E-state index contributed by atoms with van der Waals surface area (Å²) in [5.74, 6) is 0.573. The molecule has 6 nitrogen and oxygen atoms in total. The van der Waals surface area contributed by atoms with Gasteiger partial charge in [-0.2, -0.15) is 0 Å². The van der Waals surface area contributed by atoms with Gasteiger partial charge >= 0.3 is 0 Å². The second-order valence-electron chi connectivity index (χ2n) is 5.57. The van der Waals surface area contributed by atoms with Gasteiger partial charge in [0.2, 0.25) is 10.0 Å². The van der Waals surface area contributed by atoms with Gasteiger partial charge < -0.3 is 0 Å². The van der Waals surface area contributed by atoms with Crippen molar-refractivity contribution in [1.82, 2.24) is 4.72 Å². The third-order valence-corrected chi connectivity index (χ3v) is 4.76. The van der Waals surface area contributed by atoms with Crippen molar-refractivity contribution in [2.75, 3.05) is 0 Å². The molecule has 0 amide bonds. The summed E-state index contributed by atoms with van der Waals surface area (Å²) in [5, 5.41) is 10.9. The number of rotatable bonds is 8. The molecule has 0 spiro atoms. The zero-order valence-electron chi connectivity index (χ0n) is 12.6. The predicted molar refractivity (Wildman–Crippen MR) is 81.6 cm³/mol. The van der Waals surface area contributed by atoms with Crippen LogP contribution in [0.25, 0.3) is 0 Å². The van der Waals surface area contributed by atoms with E-state index in [9.17, 15) is 18.5 Å². The van der Waals surface area contributed by atoms with E-state index in [0.717, 1.165) is 12.8 Å². The van der Waals surface area contributed by atoms with Gasteiger partial charge in [-0.05, 0) is 25.3 Å². The number of hydrogen-bond acceptors (Lipinski definition) is 4. The fraction of sp³-hybridized carbons (Fsp3) is 0.571. The van der Waals surface area contributed by atoms with Crippen LogP contribution < -0.4 is 4.72 Å². The quantitative estimate of drug-likeness (QED) is 0.590. The van der Waals surface area contributed by atoms with Crippen molar-refractivity contribution in [2.45, 2.75) is 51.0 Å². The number of nitrogens with zero attached hydrogens (tertiary/aromatic N) is 1. The molecule has 1 unspecified atom stereocenters. The number of sulfonamides is 1. The first-order chi connectivity index (χ1) is 9.74. The number of hydrogen-bond donors (Lipinski definition) is 1. The number of benzene rings is 1. The van der Waals surface area contributed by atoms with Crippen LogP contribution in [-0.2, 0) is 10.0 Å². The van der Waals surface area contributed by atoms with E-state index < -0.39 is 20.6 Å². The van der Waals surface area contributed by atoms with E-state index in [1.807, 2.05) is 0 Å². The zero-order chi connectivity index (χ0) is 16.0. The third-order valence-electron chi connectivity index (χ3n) is 3.13. The largest absolute Gasteiger partial charge is 0.289 e. The van der Waals surface area contributed by atoms with Crippen LogP contribution in [0.3, 0.4) is 0 Å². The molecule has 0 heterocycles. The minimum absolute atomic E-state index is 0.256. The van der Waals surface area contributed by atoms with Crippen LogP contribution in [0.5, 0.6) is 0 Å². The molecule has 1 N–H and O–H groups in total. The van der Waals surface area contributed by atoms with E-state index in [2.05, 4.69) is 18.6 Å². The van der Waals surface area contributed by atoms with Gasteiger partial charge in [-0.1, -0.05) is 38.8 Å². The average Bonchev–Trinajstić information content (AvgIpc) is 2.37. The lowest BCUT2D eigenvalue weighted by Gasteiger charge is -2.14. The Balaban J connectivity index is 2.80. The molecule has 0 aliphatic heterocycles. The van der Waals surface area contributed by atoms with Gasteiger partial charge in [-0.15, -0.1) is 0 Å². The monoisotopic (exact) mass is 314 g/mol. The molecule has 1 atom stereocenters. The fourth-order valence-corrected chi connectivity index (χ4v) is 3.50. The lowest BCUT2D eigenvalue weighted by Crippen LogP contribution is -2.33. The van der Waals surface area contributed by atoms with E-state index in [-0.39, 0.29) is 10.9 Å². The van der Waals surface area contributed by atoms with Crippen molar-refractivity contribution < 1.29 is 13.3 Å². The Morgan fingerprint density at radius 1 is 1.19 bits per heavy atom. The minimum Gasteiger partial charge on any atom is -0.258 e. The van der Waals surface area contributed by atoms with Crippen molar-refractivity contribution in [2.24, 2.45) is 5.92 Å². The van der Waals surface area contributed by atoms with Gasteiger partial charge in [-0.25, -0.2) is 13.1 Å². The molecule has 21 heavy (non-hydrogen) atoms. The summed E-state index contributed by atoms with van der Waals surface area (Å²) in [7, 11) is -3.88. The second kappa shape index (κ2) is 7.51. The highest BCUT2D eigenvalue weighted by Crippen LogP contribution is 2.23. The predicted octanol–water partition coefficient (Wildman–Crippen LogP) is 3.09. The second-order valence-corrected chi connectivity index (χ2v) is 7.25. The van der Waals surface area contributed by atoms with Crippen LogP contribution in [0.4, 0.5) is 5.69 Å². The van der Waals surface area contributed by atoms with Gasteiger partial charge in [0.15, 0.2) is 4.90 Å². The molecular formula is C14H22N2O4S. The third kappa shape index (κ3) is 5.43. The van der Waals surface area contributed by atoms with Crippen LogP contribution in [0.2, 0.25) is 0 Å². The lowest BCUT2D eigenvalue weighted by molar-refractivity contribution is -0.387. The lowest BCUT2D eigenvalue weighted by atomic mass is 10.0. The first-order valence-corrected chi connectivity index (χ1v) is 8.48. The molecule has 118 valence electrons. The van der Waals surface area contributed by atoms with Gasteiger partial charge in [0.25, 0.3) is 5.69 Å². The normalized spacial score (nSPS) is 13.3. The van der Waals surface area contributed by atoms with Crippen molar-refractivity contribution in [3.8, 4) is 0 Å². The van der Waals surface area contributed by atoms with Crippen LogP contribution >= 0.6 is 0 Å². The molecule has 1 rings (SSSR count). The fourth-order valence-electron chi connectivity index (χ4n) is 2.05. The molecule has 7 heteroatoms. The molecule has 1 aromatic rings. The summed E-state index contributed by atoms with van der Waals surface area (Å²) in [4.78, 5) is 9.95. The van der Waals surface area contributed by atoms with Gasteiger partial charge in [0.1, 0.15) is 0 Å². The van der Waals surface area contributed by atoms with Gasteiger partial charge in [0, 0.05) is 12.1 Å². The molecule has 0 aliphatic carbocycles. The summed E-state index contributed by atoms with van der Waals surface area (Å²) in [6.45, 7) is 6.00. The summed E-state index contributed by atoms with van der Waals surface area (Å²) >= 11 is 0. The first kappa shape index (κ1) is 17.6. The highest BCUT2D eigenvalue weighted by molar-refractivity contribution is 7.89. The molecule has 0 saturated heterocycles. The molecular weight excluding hydrogens is 292 g/mol. The summed E-state index contributed by atoms with van der Waals surface area (Å²) in [5.41, 5.74) is -0.403. The SMILES string of the molecule is CC(C)CCCC(C)NS(=O)(=O)c1ccccc1[N+](=O)[O-]. The van der Waals surface area contributed by atoms with Crippen LogP contribution in [0.1, 0.15) is 40.0 Å². The number of nitrogens with one attached hydrogen (secondary N) is 1. The molecule has 0 saturated carbocycles. The van der Waals surface area contributed by atoms with Crippen LogP contribution in [0, 0.1) is 16.0 Å². The summed E-state index contributed by atoms with van der Waals surface area (Å²) < 4.78 is 27.0. The van der Waals surface area contributed by atoms with Crippen LogP contribution in [-0.4, -0.2) is 19.4 Å². The van der Waals surface area contributed by atoms with Crippen molar-refractivity contribution in [1.29, 1.82) is 0 Å². The van der Waals surface area contributed by atoms with E-state index in [4.69, 9.17) is 0 Å². The topological polar surface area (TPSA) is 89.3 Å². The summed E-state index contributed by atoms with van der Waals surface area (Å²) in [6, 6.07) is 5.11. The van der Waals surface area contributed by atoms with Crippen LogP contribution in [0.15, 0.2) is 29.2 Å². The van der Waals surface area contributed by atoms with Crippen molar-refractivity contribution in [3.05, 3.63) is 34.4 Å². The first-order valence-electron chi connectivity index (χ1n) is 6.99. The molecule has 1 aromatic carbocycles. The highest BCUT2D eigenvalue weighted by Gasteiger charge is 2.26. The molecule has 0 aromatic heterocycles. The Bertz CT molecular complexity index is 584. The Hall–Kier alpha value is -1.47. The van der Waals surface area contributed by atoms with Crippen molar-refractivity contribution >= 4 is 15.7 Å². The molecule has 0 radical (unpaired) electrons. The maximum absolute atomic E-state index is 12.2. The van der Waals surface area contributed by atoms with Gasteiger partial charge in [-0.3, -0.25) is 10.1 Å². The van der Waals surface area contributed by atoms with E-state index in [0.29, 0.717) is 12.3 Å². The smallest absolute Gasteiger partial charge is 0.258 e. The number of para-hydroxylation sites is 1. The van der Waals surface area contributed by atoms with E-state index in [1.165, 1.54) is 24.3 Å². The zero-order valence-corrected chi connectivity index (χ0v) is 13.4. The van der Waals surface area contributed by atoms with E-state index in [1.54, 1.807) is 6.92 Å². The Morgan fingerprint density at radius 2 is 1.81 bits per heavy atom. The standard InChI is InChI=1S/C14H22N2O4S/c1-11(2)7-6-8-12(3)15-21(19,20)14-10-5-4-9-13(14)16(17)18/h4-5,9-12,15H,6-8H2,1-3H3. The Labute approximate surface area is 125 Å². The highest BCUT2D eigenvalue weighted by atomic mass is 32.2. The summed E-state index contributed by atoms with van der Waals surface area (Å²) in [6.07, 6.45) is 2.65. The Kier molecular flexibility index (Phi) is 6.29. The minimum atomic E-state index is -3.88. The van der Waals surface area contributed by atoms with Gasteiger partial charge in [0.05, 0.1) is 4.92 Å². The van der Waals surface area contributed by atoms with Crippen molar-refractivity contribution in [3.63, 3.8) is 0 Å². The number of nitro benzene ring substituents is 1.